The summed E-state index contributed by atoms with van der Waals surface area (Å²) in [6, 6.07) is 9.68. The minimum atomic E-state index is -0.629. The molecule has 2 aromatic rings. The van der Waals surface area contributed by atoms with Crippen LogP contribution in [0.2, 0.25) is 0 Å². The number of aryl methyl sites for hydroxylation is 1. The molecule has 0 aliphatic rings. The highest BCUT2D eigenvalue weighted by Gasteiger charge is 2.14. The number of carbonyl (C=O) groups is 1. The summed E-state index contributed by atoms with van der Waals surface area (Å²) in [6.07, 6.45) is 0.420. The van der Waals surface area contributed by atoms with Crippen molar-refractivity contribution in [2.24, 2.45) is 5.73 Å². The first kappa shape index (κ1) is 14.1. The maximum absolute atomic E-state index is 11.9. The second kappa shape index (κ2) is 6.25. The standard InChI is InChI=1S/C15H18N2O3/c1-10-2-7-13(20-10)9-17-15(19)14(16)8-11-3-5-12(18)6-4-11/h2-7,14,18H,8-9,16H2,1H3,(H,17,19)/t14-/m0/s1. The van der Waals surface area contributed by atoms with Gasteiger partial charge in [0.15, 0.2) is 0 Å². The molecule has 5 heteroatoms. The molecule has 5 nitrogen and oxygen atoms in total. The molecule has 0 unspecified atom stereocenters. The van der Waals surface area contributed by atoms with Gasteiger partial charge in [-0.05, 0) is 43.2 Å². The van der Waals surface area contributed by atoms with E-state index in [1.807, 2.05) is 19.1 Å². The molecule has 1 aromatic carbocycles. The Labute approximate surface area is 117 Å². The summed E-state index contributed by atoms with van der Waals surface area (Å²) >= 11 is 0. The Kier molecular flexibility index (Phi) is 4.42. The molecule has 0 radical (unpaired) electrons. The van der Waals surface area contributed by atoms with Crippen molar-refractivity contribution < 1.29 is 14.3 Å². The summed E-state index contributed by atoms with van der Waals surface area (Å²) in [5.74, 6) is 1.47. The SMILES string of the molecule is Cc1ccc(CNC(=O)[C@@H](N)Cc2ccc(O)cc2)o1. The molecular weight excluding hydrogens is 256 g/mol. The number of nitrogens with one attached hydrogen (secondary N) is 1. The molecule has 106 valence electrons. The van der Waals surface area contributed by atoms with Crippen LogP contribution in [0.1, 0.15) is 17.1 Å². The van der Waals surface area contributed by atoms with Gasteiger partial charge < -0.3 is 20.6 Å². The van der Waals surface area contributed by atoms with Crippen molar-refractivity contribution >= 4 is 5.91 Å². The zero-order chi connectivity index (χ0) is 14.5. The van der Waals surface area contributed by atoms with Crippen LogP contribution in [0.4, 0.5) is 0 Å². The van der Waals surface area contributed by atoms with E-state index in [-0.39, 0.29) is 11.7 Å². The third-order valence-electron chi connectivity index (χ3n) is 2.96. The van der Waals surface area contributed by atoms with Crippen LogP contribution in [0.3, 0.4) is 0 Å². The second-order valence-electron chi connectivity index (χ2n) is 4.71. The summed E-state index contributed by atoms with van der Waals surface area (Å²) in [6.45, 7) is 2.18. The van der Waals surface area contributed by atoms with Crippen molar-refractivity contribution in [3.63, 3.8) is 0 Å². The maximum atomic E-state index is 11.9. The van der Waals surface area contributed by atoms with Crippen LogP contribution >= 0.6 is 0 Å². The number of amides is 1. The van der Waals surface area contributed by atoms with Crippen molar-refractivity contribution in [2.45, 2.75) is 25.9 Å². The lowest BCUT2D eigenvalue weighted by Crippen LogP contribution is -2.41. The van der Waals surface area contributed by atoms with Crippen LogP contribution < -0.4 is 11.1 Å². The van der Waals surface area contributed by atoms with Gasteiger partial charge in [0, 0.05) is 0 Å². The molecule has 0 fully saturated rings. The van der Waals surface area contributed by atoms with E-state index in [4.69, 9.17) is 10.2 Å². The average Bonchev–Trinajstić information content (AvgIpc) is 2.84. The van der Waals surface area contributed by atoms with E-state index < -0.39 is 6.04 Å². The van der Waals surface area contributed by atoms with Crippen molar-refractivity contribution in [2.75, 3.05) is 0 Å². The summed E-state index contributed by atoms with van der Waals surface area (Å²) in [7, 11) is 0. The predicted molar refractivity (Wildman–Crippen MR) is 75.1 cm³/mol. The van der Waals surface area contributed by atoms with Gasteiger partial charge in [0.05, 0.1) is 12.6 Å². The predicted octanol–water partition coefficient (Wildman–Crippen LogP) is 1.48. The molecule has 1 amide bonds. The van der Waals surface area contributed by atoms with Crippen LogP contribution in [0.25, 0.3) is 0 Å². The first-order chi connectivity index (χ1) is 9.54. The van der Waals surface area contributed by atoms with Crippen molar-refractivity contribution in [1.82, 2.24) is 5.32 Å². The number of rotatable bonds is 5. The monoisotopic (exact) mass is 274 g/mol. The highest BCUT2D eigenvalue weighted by atomic mass is 16.3. The number of phenolic OH excluding ortho intramolecular Hbond substituents is 1. The third kappa shape index (κ3) is 3.86. The minimum absolute atomic E-state index is 0.194. The summed E-state index contributed by atoms with van der Waals surface area (Å²) < 4.78 is 5.36. The summed E-state index contributed by atoms with van der Waals surface area (Å²) in [5, 5.41) is 11.9. The van der Waals surface area contributed by atoms with Gasteiger partial charge in [-0.3, -0.25) is 4.79 Å². The van der Waals surface area contributed by atoms with Crippen LogP contribution in [-0.4, -0.2) is 17.1 Å². The number of benzene rings is 1. The lowest BCUT2D eigenvalue weighted by Gasteiger charge is -2.11. The Hall–Kier alpha value is -2.27. The topological polar surface area (TPSA) is 88.5 Å². The maximum Gasteiger partial charge on any atom is 0.237 e. The summed E-state index contributed by atoms with van der Waals surface area (Å²) in [4.78, 5) is 11.9. The fraction of sp³-hybridized carbons (Fsp3) is 0.267. The van der Waals surface area contributed by atoms with Gasteiger partial charge in [-0.25, -0.2) is 0 Å². The first-order valence-corrected chi connectivity index (χ1v) is 6.41. The van der Waals surface area contributed by atoms with E-state index in [0.717, 1.165) is 11.3 Å². The Balaban J connectivity index is 1.84. The molecule has 20 heavy (non-hydrogen) atoms. The Bertz CT molecular complexity index is 575. The van der Waals surface area contributed by atoms with E-state index in [9.17, 15) is 9.90 Å². The van der Waals surface area contributed by atoms with Gasteiger partial charge in [0.1, 0.15) is 17.3 Å². The number of nitrogens with two attached hydrogens (primary N) is 1. The highest BCUT2D eigenvalue weighted by Crippen LogP contribution is 2.11. The molecule has 1 atom stereocenters. The molecule has 0 bridgehead atoms. The van der Waals surface area contributed by atoms with Gasteiger partial charge in [-0.15, -0.1) is 0 Å². The van der Waals surface area contributed by atoms with E-state index in [1.165, 1.54) is 0 Å². The quantitative estimate of drug-likeness (QED) is 0.770. The second-order valence-corrected chi connectivity index (χ2v) is 4.71. The fourth-order valence-electron chi connectivity index (χ4n) is 1.86. The van der Waals surface area contributed by atoms with Gasteiger partial charge in [0.25, 0.3) is 0 Å². The highest BCUT2D eigenvalue weighted by molar-refractivity contribution is 5.81. The Morgan fingerprint density at radius 2 is 2.00 bits per heavy atom. The number of hydrogen-bond acceptors (Lipinski definition) is 4. The van der Waals surface area contributed by atoms with Crippen LogP contribution in [0.5, 0.6) is 5.75 Å². The fourth-order valence-corrected chi connectivity index (χ4v) is 1.86. The molecule has 0 aliphatic carbocycles. The first-order valence-electron chi connectivity index (χ1n) is 6.41. The van der Waals surface area contributed by atoms with Crippen LogP contribution in [0.15, 0.2) is 40.8 Å². The number of phenols is 1. The van der Waals surface area contributed by atoms with Crippen molar-refractivity contribution in [3.05, 3.63) is 53.5 Å². The normalized spacial score (nSPS) is 12.1. The molecule has 0 saturated heterocycles. The van der Waals surface area contributed by atoms with E-state index >= 15 is 0 Å². The zero-order valence-corrected chi connectivity index (χ0v) is 11.3. The number of hydrogen-bond donors (Lipinski definition) is 3. The molecule has 0 spiro atoms. The van der Waals surface area contributed by atoms with Gasteiger partial charge >= 0.3 is 0 Å². The Morgan fingerprint density at radius 1 is 1.30 bits per heavy atom. The third-order valence-corrected chi connectivity index (χ3v) is 2.96. The average molecular weight is 274 g/mol. The van der Waals surface area contributed by atoms with Gasteiger partial charge in [-0.1, -0.05) is 12.1 Å². The van der Waals surface area contributed by atoms with Crippen molar-refractivity contribution in [1.29, 1.82) is 0 Å². The smallest absolute Gasteiger partial charge is 0.237 e. The lowest BCUT2D eigenvalue weighted by molar-refractivity contribution is -0.122. The van der Waals surface area contributed by atoms with E-state index in [2.05, 4.69) is 5.32 Å². The molecular formula is C15H18N2O3. The van der Waals surface area contributed by atoms with Crippen LogP contribution in [0, 0.1) is 6.92 Å². The number of aromatic hydroxyl groups is 1. The number of carbonyl (C=O) groups excluding carboxylic acids is 1. The molecule has 4 N–H and O–H groups in total. The summed E-state index contributed by atoms with van der Waals surface area (Å²) in [5.41, 5.74) is 6.75. The van der Waals surface area contributed by atoms with E-state index in [1.54, 1.807) is 24.3 Å². The molecule has 1 aromatic heterocycles. The molecule has 1 heterocycles. The van der Waals surface area contributed by atoms with Gasteiger partial charge in [0.2, 0.25) is 5.91 Å². The Morgan fingerprint density at radius 3 is 2.60 bits per heavy atom. The largest absolute Gasteiger partial charge is 0.508 e. The van der Waals surface area contributed by atoms with Gasteiger partial charge in [-0.2, -0.15) is 0 Å². The van der Waals surface area contributed by atoms with Crippen LogP contribution in [-0.2, 0) is 17.8 Å². The zero-order valence-electron chi connectivity index (χ0n) is 11.3. The molecule has 0 aliphatic heterocycles. The lowest BCUT2D eigenvalue weighted by atomic mass is 10.1. The molecule has 2 rings (SSSR count). The minimum Gasteiger partial charge on any atom is -0.508 e. The van der Waals surface area contributed by atoms with E-state index in [0.29, 0.717) is 18.7 Å². The van der Waals surface area contributed by atoms with Crippen molar-refractivity contribution in [3.8, 4) is 5.75 Å². The number of furan rings is 1. The molecule has 0 saturated carbocycles.